The Morgan fingerprint density at radius 1 is 1.20 bits per heavy atom. The number of aromatic amines is 1. The maximum atomic E-state index is 13.3. The molecule has 0 aliphatic carbocycles. The number of anilines is 1. The van der Waals surface area contributed by atoms with Crippen LogP contribution >= 0.6 is 11.6 Å². The Labute approximate surface area is 174 Å². The number of rotatable bonds is 5. The van der Waals surface area contributed by atoms with E-state index in [4.69, 9.17) is 11.6 Å². The molecule has 4 aromatic rings. The summed E-state index contributed by atoms with van der Waals surface area (Å²) < 4.78 is 16.1. The summed E-state index contributed by atoms with van der Waals surface area (Å²) in [5, 5.41) is 4.69. The molecule has 0 aliphatic rings. The number of hydrogen-bond donors (Lipinski definition) is 2. The largest absolute Gasteiger partial charge is 0.329 e. The van der Waals surface area contributed by atoms with E-state index in [0.29, 0.717) is 10.6 Å². The Bertz CT molecular complexity index is 1370. The van der Waals surface area contributed by atoms with Crippen molar-refractivity contribution < 1.29 is 4.39 Å². The van der Waals surface area contributed by atoms with E-state index in [1.54, 1.807) is 28.8 Å². The van der Waals surface area contributed by atoms with Crippen molar-refractivity contribution in [1.29, 1.82) is 0 Å². The molecule has 0 saturated heterocycles. The number of nitrogens with zero attached hydrogens (tertiary/aromatic N) is 4. The molecule has 0 atom stereocenters. The molecule has 10 heteroatoms. The minimum Gasteiger partial charge on any atom is -0.298 e. The quantitative estimate of drug-likeness (QED) is 0.379. The fraction of sp³-hybridized carbons (Fsp3) is 0.100. The second-order valence-corrected chi connectivity index (χ2v) is 6.94. The zero-order chi connectivity index (χ0) is 21.3. The van der Waals surface area contributed by atoms with Crippen LogP contribution in [0.2, 0.25) is 5.02 Å². The van der Waals surface area contributed by atoms with Gasteiger partial charge in [-0.1, -0.05) is 41.9 Å². The number of aromatic nitrogens is 4. The molecule has 2 aromatic carbocycles. The van der Waals surface area contributed by atoms with E-state index in [1.165, 1.54) is 30.0 Å². The summed E-state index contributed by atoms with van der Waals surface area (Å²) in [6.07, 6.45) is 1.52. The van der Waals surface area contributed by atoms with Crippen molar-refractivity contribution in [3.63, 3.8) is 0 Å². The molecule has 0 saturated carbocycles. The van der Waals surface area contributed by atoms with Gasteiger partial charge in [0.15, 0.2) is 11.2 Å². The highest BCUT2D eigenvalue weighted by Gasteiger charge is 2.17. The number of nitrogens with one attached hydrogen (secondary N) is 2. The molecule has 2 heterocycles. The number of H-pyrrole nitrogens is 1. The van der Waals surface area contributed by atoms with Crippen molar-refractivity contribution in [2.75, 3.05) is 5.43 Å². The van der Waals surface area contributed by atoms with E-state index in [-0.39, 0.29) is 29.5 Å². The number of fused-ring (bicyclic) bond motifs is 1. The Morgan fingerprint density at radius 3 is 2.67 bits per heavy atom. The van der Waals surface area contributed by atoms with Gasteiger partial charge in [0, 0.05) is 17.6 Å². The van der Waals surface area contributed by atoms with E-state index >= 15 is 0 Å². The molecule has 152 valence electrons. The average Bonchev–Trinajstić information content (AvgIpc) is 3.08. The van der Waals surface area contributed by atoms with Crippen molar-refractivity contribution in [2.24, 2.45) is 12.1 Å². The molecular weight excluding hydrogens is 411 g/mol. The normalized spacial score (nSPS) is 11.4. The number of benzene rings is 2. The molecule has 0 spiro atoms. The topological polar surface area (TPSA) is 97.1 Å². The number of hydrazone groups is 1. The fourth-order valence-corrected chi connectivity index (χ4v) is 3.17. The first-order valence-corrected chi connectivity index (χ1v) is 9.29. The first-order chi connectivity index (χ1) is 14.4. The Hall–Kier alpha value is -3.72. The van der Waals surface area contributed by atoms with E-state index in [0.717, 1.165) is 5.56 Å². The van der Waals surface area contributed by atoms with Crippen molar-refractivity contribution in [1.82, 2.24) is 19.1 Å². The summed E-state index contributed by atoms with van der Waals surface area (Å²) >= 11 is 6.13. The molecule has 2 aromatic heterocycles. The van der Waals surface area contributed by atoms with Gasteiger partial charge in [-0.2, -0.15) is 10.1 Å². The van der Waals surface area contributed by atoms with Gasteiger partial charge in [0.2, 0.25) is 5.95 Å². The van der Waals surface area contributed by atoms with Crippen LogP contribution in [0.4, 0.5) is 10.3 Å². The SMILES string of the molecule is Cn1c(=O)[nH]c(=O)c2c1nc(NN=Cc1ccccc1Cl)n2Cc1ccc(F)cc1. The number of hydrogen-bond acceptors (Lipinski definition) is 5. The third kappa shape index (κ3) is 3.74. The van der Waals surface area contributed by atoms with Crippen LogP contribution in [0.5, 0.6) is 0 Å². The predicted molar refractivity (Wildman–Crippen MR) is 114 cm³/mol. The van der Waals surface area contributed by atoms with Gasteiger partial charge < -0.3 is 0 Å². The molecule has 0 amide bonds. The molecule has 8 nitrogen and oxygen atoms in total. The molecule has 0 bridgehead atoms. The van der Waals surface area contributed by atoms with Crippen LogP contribution in [0, 0.1) is 5.82 Å². The smallest absolute Gasteiger partial charge is 0.298 e. The number of aryl methyl sites for hydroxylation is 1. The molecule has 0 aliphatic heterocycles. The summed E-state index contributed by atoms with van der Waals surface area (Å²) in [7, 11) is 1.51. The molecular formula is C20H16ClFN6O2. The number of halogens is 2. The second kappa shape index (κ2) is 7.96. The first-order valence-electron chi connectivity index (χ1n) is 8.91. The fourth-order valence-electron chi connectivity index (χ4n) is 2.99. The van der Waals surface area contributed by atoms with E-state index in [2.05, 4.69) is 20.5 Å². The van der Waals surface area contributed by atoms with Crippen molar-refractivity contribution in [3.05, 3.63) is 91.3 Å². The maximum absolute atomic E-state index is 13.3. The maximum Gasteiger partial charge on any atom is 0.329 e. The van der Waals surface area contributed by atoms with Crippen LogP contribution in [-0.2, 0) is 13.6 Å². The van der Waals surface area contributed by atoms with Crippen LogP contribution in [0.25, 0.3) is 11.2 Å². The van der Waals surface area contributed by atoms with Crippen molar-refractivity contribution >= 4 is 34.9 Å². The molecule has 0 unspecified atom stereocenters. The van der Waals surface area contributed by atoms with Gasteiger partial charge in [0.05, 0.1) is 12.8 Å². The monoisotopic (exact) mass is 426 g/mol. The number of imidazole rings is 1. The predicted octanol–water partition coefficient (Wildman–Crippen LogP) is 2.71. The molecule has 0 fully saturated rings. The standard InChI is InChI=1S/C20H16ClFN6O2/c1-27-17-16(18(29)25-20(27)30)28(11-12-6-8-14(22)9-7-12)19(24-17)26-23-10-13-4-2-3-5-15(13)21/h2-10H,11H2,1H3,(H,24,26)(H,25,29,30). The van der Waals surface area contributed by atoms with Gasteiger partial charge in [-0.15, -0.1) is 0 Å². The Morgan fingerprint density at radius 2 is 1.93 bits per heavy atom. The highest BCUT2D eigenvalue weighted by Crippen LogP contribution is 2.18. The summed E-state index contributed by atoms with van der Waals surface area (Å²) in [5.74, 6) is -0.124. The lowest BCUT2D eigenvalue weighted by molar-refractivity contribution is 0.626. The van der Waals surface area contributed by atoms with Crippen LogP contribution in [-0.4, -0.2) is 25.3 Å². The third-order valence-electron chi connectivity index (χ3n) is 4.53. The average molecular weight is 427 g/mol. The minimum absolute atomic E-state index is 0.192. The first kappa shape index (κ1) is 19.6. The van der Waals surface area contributed by atoms with Gasteiger partial charge in [-0.25, -0.2) is 14.6 Å². The molecule has 4 rings (SSSR count). The van der Waals surface area contributed by atoms with E-state index in [9.17, 15) is 14.0 Å². The summed E-state index contributed by atoms with van der Waals surface area (Å²) in [6, 6.07) is 13.0. The highest BCUT2D eigenvalue weighted by atomic mass is 35.5. The minimum atomic E-state index is -0.579. The lowest BCUT2D eigenvalue weighted by Crippen LogP contribution is -2.29. The van der Waals surface area contributed by atoms with Crippen molar-refractivity contribution in [3.8, 4) is 0 Å². The van der Waals surface area contributed by atoms with Crippen molar-refractivity contribution in [2.45, 2.75) is 6.54 Å². The molecule has 30 heavy (non-hydrogen) atoms. The van der Waals surface area contributed by atoms with Gasteiger partial charge >= 0.3 is 5.69 Å². The lowest BCUT2D eigenvalue weighted by Gasteiger charge is -2.08. The second-order valence-electron chi connectivity index (χ2n) is 6.53. The van der Waals surface area contributed by atoms with Crippen LogP contribution in [0.1, 0.15) is 11.1 Å². The Balaban J connectivity index is 1.79. The molecule has 2 N–H and O–H groups in total. The van der Waals surface area contributed by atoms with E-state index < -0.39 is 11.2 Å². The highest BCUT2D eigenvalue weighted by molar-refractivity contribution is 6.33. The van der Waals surface area contributed by atoms with Gasteiger partial charge in [-0.05, 0) is 23.8 Å². The lowest BCUT2D eigenvalue weighted by atomic mass is 10.2. The third-order valence-corrected chi connectivity index (χ3v) is 4.88. The van der Waals surface area contributed by atoms with E-state index in [1.807, 2.05) is 12.1 Å². The van der Waals surface area contributed by atoms with Gasteiger partial charge in [0.25, 0.3) is 5.56 Å². The van der Waals surface area contributed by atoms with Crippen LogP contribution in [0.3, 0.4) is 0 Å². The summed E-state index contributed by atoms with van der Waals surface area (Å²) in [4.78, 5) is 31.1. The zero-order valence-electron chi connectivity index (χ0n) is 15.8. The Kier molecular flexibility index (Phi) is 5.20. The molecule has 0 radical (unpaired) electrons. The van der Waals surface area contributed by atoms with Crippen LogP contribution in [0.15, 0.2) is 63.2 Å². The van der Waals surface area contributed by atoms with Crippen LogP contribution < -0.4 is 16.7 Å². The summed E-state index contributed by atoms with van der Waals surface area (Å²) in [5.41, 5.74) is 3.47. The van der Waals surface area contributed by atoms with Gasteiger partial charge in [-0.3, -0.25) is 18.9 Å². The van der Waals surface area contributed by atoms with Gasteiger partial charge in [0.1, 0.15) is 5.82 Å². The summed E-state index contributed by atoms with van der Waals surface area (Å²) in [6.45, 7) is 0.210. The zero-order valence-corrected chi connectivity index (χ0v) is 16.5.